The Morgan fingerprint density at radius 1 is 1.26 bits per heavy atom. The standard InChI is InChI=1S/C20H22N2O5/c1-26-18-9-7-16(8-10-18)20(23)21-11-3-6-19(13-21)27-14-15-4-2-5-17(12-15)22(24)25/h2,4-5,7-10,12,19H,3,6,11,13-14H2,1H3/t19-/m1/s1. The third-order valence-electron chi connectivity index (χ3n) is 4.61. The van der Waals surface area contributed by atoms with Crippen LogP contribution in [0, 0.1) is 10.1 Å². The molecule has 7 heteroatoms. The maximum atomic E-state index is 12.7. The second-order valence-corrected chi connectivity index (χ2v) is 6.48. The molecule has 0 saturated carbocycles. The summed E-state index contributed by atoms with van der Waals surface area (Å²) >= 11 is 0. The van der Waals surface area contributed by atoms with Crippen molar-refractivity contribution >= 4 is 11.6 Å². The van der Waals surface area contributed by atoms with Gasteiger partial charge in [0.2, 0.25) is 0 Å². The Bertz CT molecular complexity index is 806. The summed E-state index contributed by atoms with van der Waals surface area (Å²) in [4.78, 5) is 24.9. The van der Waals surface area contributed by atoms with Crippen molar-refractivity contribution in [3.63, 3.8) is 0 Å². The van der Waals surface area contributed by atoms with Crippen LogP contribution >= 0.6 is 0 Å². The van der Waals surface area contributed by atoms with Crippen molar-refractivity contribution in [2.75, 3.05) is 20.2 Å². The number of hydrogen-bond acceptors (Lipinski definition) is 5. The molecule has 0 radical (unpaired) electrons. The van der Waals surface area contributed by atoms with E-state index >= 15 is 0 Å². The fourth-order valence-corrected chi connectivity index (χ4v) is 3.15. The molecule has 2 aromatic carbocycles. The molecule has 0 aliphatic carbocycles. The van der Waals surface area contributed by atoms with Crippen molar-refractivity contribution in [3.8, 4) is 5.75 Å². The van der Waals surface area contributed by atoms with Crippen LogP contribution in [0.25, 0.3) is 0 Å². The van der Waals surface area contributed by atoms with Crippen molar-refractivity contribution in [1.29, 1.82) is 0 Å². The zero-order valence-corrected chi connectivity index (χ0v) is 15.2. The van der Waals surface area contributed by atoms with E-state index in [-0.39, 0.29) is 24.3 Å². The molecule has 7 nitrogen and oxygen atoms in total. The van der Waals surface area contributed by atoms with Gasteiger partial charge in [0.15, 0.2) is 0 Å². The van der Waals surface area contributed by atoms with E-state index in [0.29, 0.717) is 24.4 Å². The predicted molar refractivity (Wildman–Crippen MR) is 99.8 cm³/mol. The summed E-state index contributed by atoms with van der Waals surface area (Å²) in [6, 6.07) is 13.5. The molecule has 2 aromatic rings. The van der Waals surface area contributed by atoms with Crippen LogP contribution in [0.2, 0.25) is 0 Å². The monoisotopic (exact) mass is 370 g/mol. The van der Waals surface area contributed by atoms with E-state index in [2.05, 4.69) is 0 Å². The summed E-state index contributed by atoms with van der Waals surface area (Å²) in [7, 11) is 1.59. The van der Waals surface area contributed by atoms with Crippen LogP contribution in [-0.2, 0) is 11.3 Å². The van der Waals surface area contributed by atoms with E-state index in [1.807, 2.05) is 0 Å². The molecule has 142 valence electrons. The highest BCUT2D eigenvalue weighted by Crippen LogP contribution is 2.20. The number of rotatable bonds is 6. The van der Waals surface area contributed by atoms with E-state index in [4.69, 9.17) is 9.47 Å². The first-order chi connectivity index (χ1) is 13.1. The number of piperidine rings is 1. The van der Waals surface area contributed by atoms with Crippen LogP contribution in [0.1, 0.15) is 28.8 Å². The molecule has 1 saturated heterocycles. The van der Waals surface area contributed by atoms with Gasteiger partial charge in [-0.25, -0.2) is 0 Å². The minimum Gasteiger partial charge on any atom is -0.497 e. The van der Waals surface area contributed by atoms with E-state index in [1.165, 1.54) is 12.1 Å². The molecule has 1 amide bonds. The van der Waals surface area contributed by atoms with Gasteiger partial charge in [-0.15, -0.1) is 0 Å². The Labute approximate surface area is 157 Å². The Morgan fingerprint density at radius 3 is 2.74 bits per heavy atom. The quantitative estimate of drug-likeness (QED) is 0.575. The number of likely N-dealkylation sites (tertiary alicyclic amines) is 1. The van der Waals surface area contributed by atoms with Gasteiger partial charge in [0.05, 0.1) is 24.7 Å². The molecule has 1 heterocycles. The highest BCUT2D eigenvalue weighted by Gasteiger charge is 2.25. The summed E-state index contributed by atoms with van der Waals surface area (Å²) in [5.74, 6) is 0.685. The largest absolute Gasteiger partial charge is 0.497 e. The summed E-state index contributed by atoms with van der Waals surface area (Å²) < 4.78 is 11.0. The average Bonchev–Trinajstić information content (AvgIpc) is 2.72. The molecular weight excluding hydrogens is 348 g/mol. The van der Waals surface area contributed by atoms with Gasteiger partial charge in [-0.2, -0.15) is 0 Å². The lowest BCUT2D eigenvalue weighted by Gasteiger charge is -2.32. The van der Waals surface area contributed by atoms with Crippen molar-refractivity contribution in [3.05, 3.63) is 69.8 Å². The number of benzene rings is 2. The number of ether oxygens (including phenoxy) is 2. The van der Waals surface area contributed by atoms with Crippen LogP contribution < -0.4 is 4.74 Å². The SMILES string of the molecule is COc1ccc(C(=O)N2CCC[C@@H](OCc3cccc([N+](=O)[O-])c3)C2)cc1. The maximum absolute atomic E-state index is 12.7. The Morgan fingerprint density at radius 2 is 2.04 bits per heavy atom. The molecule has 3 rings (SSSR count). The van der Waals surface area contributed by atoms with Crippen LogP contribution in [0.5, 0.6) is 5.75 Å². The number of amides is 1. The maximum Gasteiger partial charge on any atom is 0.269 e. The second kappa shape index (κ2) is 8.64. The molecule has 0 bridgehead atoms. The molecule has 0 spiro atoms. The Balaban J connectivity index is 1.58. The summed E-state index contributed by atoms with van der Waals surface area (Å²) in [6.07, 6.45) is 1.64. The van der Waals surface area contributed by atoms with E-state index < -0.39 is 4.92 Å². The third-order valence-corrected chi connectivity index (χ3v) is 4.61. The molecule has 27 heavy (non-hydrogen) atoms. The van der Waals surface area contributed by atoms with Gasteiger partial charge in [0.1, 0.15) is 5.75 Å². The number of methoxy groups -OCH3 is 1. The summed E-state index contributed by atoms with van der Waals surface area (Å²) in [6.45, 7) is 1.50. The van der Waals surface area contributed by atoms with Crippen molar-refractivity contribution in [1.82, 2.24) is 4.90 Å². The van der Waals surface area contributed by atoms with Gasteiger partial charge in [0.25, 0.3) is 11.6 Å². The molecule has 0 unspecified atom stereocenters. The third kappa shape index (κ3) is 4.83. The Hall–Kier alpha value is -2.93. The molecular formula is C20H22N2O5. The zero-order chi connectivity index (χ0) is 19.2. The lowest BCUT2D eigenvalue weighted by atomic mass is 10.1. The van der Waals surface area contributed by atoms with Gasteiger partial charge in [-0.1, -0.05) is 12.1 Å². The number of non-ortho nitro benzene ring substituents is 1. The first-order valence-corrected chi connectivity index (χ1v) is 8.85. The first kappa shape index (κ1) is 18.8. The average molecular weight is 370 g/mol. The fraction of sp³-hybridized carbons (Fsp3) is 0.350. The minimum absolute atomic E-state index is 0.0266. The van der Waals surface area contributed by atoms with Gasteiger partial charge >= 0.3 is 0 Å². The minimum atomic E-state index is -0.417. The number of nitrogens with zero attached hydrogens (tertiary/aromatic N) is 2. The van der Waals surface area contributed by atoms with Crippen LogP contribution in [0.4, 0.5) is 5.69 Å². The Kier molecular flexibility index (Phi) is 6.03. The molecule has 1 fully saturated rings. The summed E-state index contributed by atoms with van der Waals surface area (Å²) in [5.41, 5.74) is 1.42. The van der Waals surface area contributed by atoms with E-state index in [9.17, 15) is 14.9 Å². The van der Waals surface area contributed by atoms with Crippen LogP contribution in [0.15, 0.2) is 48.5 Å². The molecule has 1 atom stereocenters. The number of carbonyl (C=O) groups is 1. The van der Waals surface area contributed by atoms with Gasteiger partial charge < -0.3 is 14.4 Å². The zero-order valence-electron chi connectivity index (χ0n) is 15.2. The van der Waals surface area contributed by atoms with E-state index in [1.54, 1.807) is 48.4 Å². The smallest absolute Gasteiger partial charge is 0.269 e. The fourth-order valence-electron chi connectivity index (χ4n) is 3.15. The van der Waals surface area contributed by atoms with Gasteiger partial charge in [0, 0.05) is 30.8 Å². The van der Waals surface area contributed by atoms with Crippen molar-refractivity contribution < 1.29 is 19.2 Å². The predicted octanol–water partition coefficient (Wildman–Crippen LogP) is 3.42. The summed E-state index contributed by atoms with van der Waals surface area (Å²) in [5, 5.41) is 10.9. The second-order valence-electron chi connectivity index (χ2n) is 6.48. The molecule has 1 aliphatic heterocycles. The topological polar surface area (TPSA) is 81.9 Å². The highest BCUT2D eigenvalue weighted by molar-refractivity contribution is 5.94. The number of hydrogen-bond donors (Lipinski definition) is 0. The van der Waals surface area contributed by atoms with Crippen molar-refractivity contribution in [2.45, 2.75) is 25.6 Å². The number of nitro benzene ring substituents is 1. The van der Waals surface area contributed by atoms with Gasteiger partial charge in [-0.05, 0) is 42.7 Å². The molecule has 0 aromatic heterocycles. The van der Waals surface area contributed by atoms with Gasteiger partial charge in [-0.3, -0.25) is 14.9 Å². The molecule has 1 aliphatic rings. The lowest BCUT2D eigenvalue weighted by molar-refractivity contribution is -0.385. The first-order valence-electron chi connectivity index (χ1n) is 8.85. The van der Waals surface area contributed by atoms with Crippen LogP contribution in [0.3, 0.4) is 0 Å². The van der Waals surface area contributed by atoms with Crippen molar-refractivity contribution in [2.24, 2.45) is 0 Å². The normalized spacial score (nSPS) is 16.8. The van der Waals surface area contributed by atoms with E-state index in [0.717, 1.165) is 18.4 Å². The number of carbonyl (C=O) groups excluding carboxylic acids is 1. The van der Waals surface area contributed by atoms with Crippen LogP contribution in [-0.4, -0.2) is 42.0 Å². The molecule has 0 N–H and O–H groups in total. The highest BCUT2D eigenvalue weighted by atomic mass is 16.6. The number of nitro groups is 1. The lowest BCUT2D eigenvalue weighted by Crippen LogP contribution is -2.43.